The third-order valence-corrected chi connectivity index (χ3v) is 8.00. The highest BCUT2D eigenvalue weighted by atomic mass is 19.1. The van der Waals surface area contributed by atoms with Gasteiger partial charge in [-0.15, -0.1) is 0 Å². The fourth-order valence-electron chi connectivity index (χ4n) is 6.03. The molecule has 2 heterocycles. The molecule has 202 valence electrons. The number of nitrogens with zero attached hydrogens (tertiary/aromatic N) is 3. The highest BCUT2D eigenvalue weighted by molar-refractivity contribution is 5.95. The highest BCUT2D eigenvalue weighted by Crippen LogP contribution is 2.25. The topological polar surface area (TPSA) is 81.3 Å². The van der Waals surface area contributed by atoms with Gasteiger partial charge in [0.1, 0.15) is 5.82 Å². The molecule has 0 spiro atoms. The smallest absolute Gasteiger partial charge is 0.272 e. The second kappa shape index (κ2) is 11.7. The number of H-pyrrole nitrogens is 1. The summed E-state index contributed by atoms with van der Waals surface area (Å²) in [5, 5.41) is 11.2. The Bertz CT molecular complexity index is 1320. The summed E-state index contributed by atoms with van der Waals surface area (Å²) in [6.07, 6.45) is 4.33. The zero-order chi connectivity index (χ0) is 26.6. The van der Waals surface area contributed by atoms with Crippen LogP contribution in [-0.2, 0) is 6.42 Å². The van der Waals surface area contributed by atoms with Crippen molar-refractivity contribution in [3.8, 4) is 0 Å². The van der Waals surface area contributed by atoms with Crippen LogP contribution in [-0.4, -0.2) is 70.7 Å². The molecule has 0 unspecified atom stereocenters. The van der Waals surface area contributed by atoms with Gasteiger partial charge >= 0.3 is 0 Å². The van der Waals surface area contributed by atoms with E-state index in [1.807, 2.05) is 18.2 Å². The highest BCUT2D eigenvalue weighted by Gasteiger charge is 2.29. The van der Waals surface area contributed by atoms with E-state index in [0.29, 0.717) is 29.5 Å². The van der Waals surface area contributed by atoms with E-state index in [-0.39, 0.29) is 23.1 Å². The van der Waals surface area contributed by atoms with Gasteiger partial charge in [-0.1, -0.05) is 38.1 Å². The number of aromatic amines is 1. The van der Waals surface area contributed by atoms with Crippen LogP contribution >= 0.6 is 0 Å². The van der Waals surface area contributed by atoms with Crippen molar-refractivity contribution in [1.29, 1.82) is 0 Å². The van der Waals surface area contributed by atoms with Gasteiger partial charge in [0, 0.05) is 56.6 Å². The van der Waals surface area contributed by atoms with E-state index in [4.69, 9.17) is 0 Å². The zero-order valence-electron chi connectivity index (χ0n) is 22.4. The normalized spacial score (nSPS) is 21.2. The van der Waals surface area contributed by atoms with Crippen LogP contribution in [0.25, 0.3) is 10.8 Å². The summed E-state index contributed by atoms with van der Waals surface area (Å²) >= 11 is 0. The number of amides is 1. The van der Waals surface area contributed by atoms with Crippen LogP contribution in [0.15, 0.2) is 47.3 Å². The minimum absolute atomic E-state index is 0.0552. The molecule has 7 nitrogen and oxygen atoms in total. The predicted molar refractivity (Wildman–Crippen MR) is 148 cm³/mol. The van der Waals surface area contributed by atoms with Gasteiger partial charge < -0.3 is 10.2 Å². The molecule has 1 aromatic heterocycles. The molecule has 1 amide bonds. The average Bonchev–Trinajstić information content (AvgIpc) is 2.92. The number of hydrogen-bond acceptors (Lipinski definition) is 5. The van der Waals surface area contributed by atoms with E-state index in [2.05, 4.69) is 39.2 Å². The molecule has 5 rings (SSSR count). The number of nitrogens with one attached hydrogen (secondary N) is 2. The van der Waals surface area contributed by atoms with Gasteiger partial charge in [-0.3, -0.25) is 14.5 Å². The molecule has 1 aliphatic carbocycles. The summed E-state index contributed by atoms with van der Waals surface area (Å²) in [4.78, 5) is 30.3. The van der Waals surface area contributed by atoms with Crippen LogP contribution in [0.1, 0.15) is 61.1 Å². The first-order valence-electron chi connectivity index (χ1n) is 13.9. The molecular formula is C30H38FN5O2. The maximum absolute atomic E-state index is 14.7. The fourth-order valence-corrected chi connectivity index (χ4v) is 6.03. The first kappa shape index (κ1) is 26.5. The number of piperazine rings is 1. The standard InChI is InChI=1S/C30H38FN5O2/c1-20(2)19-35-13-15-36(16-14-35)23-10-8-22(9-11-23)32-29(37)26-17-21(7-12-27(26)31)18-28-24-5-3-4-6-25(24)30(38)34-33-28/h3-7,12,17,20,22-23H,8-11,13-16,18-19H2,1-2H3,(H,32,37)(H,34,38). The van der Waals surface area contributed by atoms with Crippen LogP contribution in [0.2, 0.25) is 0 Å². The zero-order valence-corrected chi connectivity index (χ0v) is 22.4. The molecule has 0 radical (unpaired) electrons. The monoisotopic (exact) mass is 519 g/mol. The van der Waals surface area contributed by atoms with Gasteiger partial charge in [-0.2, -0.15) is 5.10 Å². The number of fused-ring (bicyclic) bond motifs is 1. The Labute approximate surface area is 223 Å². The number of rotatable bonds is 7. The summed E-state index contributed by atoms with van der Waals surface area (Å²) in [7, 11) is 0. The molecule has 0 bridgehead atoms. The first-order valence-corrected chi connectivity index (χ1v) is 13.9. The van der Waals surface area contributed by atoms with E-state index in [9.17, 15) is 14.0 Å². The summed E-state index contributed by atoms with van der Waals surface area (Å²) in [5.74, 6) is -0.195. The molecule has 1 aliphatic heterocycles. The Morgan fingerprint density at radius 2 is 1.76 bits per heavy atom. The maximum Gasteiger partial charge on any atom is 0.272 e. The van der Waals surface area contributed by atoms with Gasteiger partial charge in [0.2, 0.25) is 0 Å². The van der Waals surface area contributed by atoms with Gasteiger partial charge in [0.25, 0.3) is 11.5 Å². The van der Waals surface area contributed by atoms with E-state index < -0.39 is 5.82 Å². The van der Waals surface area contributed by atoms with Gasteiger partial charge in [-0.25, -0.2) is 9.49 Å². The number of benzene rings is 2. The summed E-state index contributed by atoms with van der Waals surface area (Å²) in [6.45, 7) is 10.2. The number of carbonyl (C=O) groups excluding carboxylic acids is 1. The first-order chi connectivity index (χ1) is 18.4. The Morgan fingerprint density at radius 3 is 2.47 bits per heavy atom. The lowest BCUT2D eigenvalue weighted by Crippen LogP contribution is -2.52. The van der Waals surface area contributed by atoms with Gasteiger partial charge in [0.05, 0.1) is 16.6 Å². The molecular weight excluding hydrogens is 481 g/mol. The molecule has 1 saturated carbocycles. The predicted octanol–water partition coefficient (Wildman–Crippen LogP) is 3.97. The van der Waals surface area contributed by atoms with Crippen molar-refractivity contribution in [2.45, 2.75) is 58.0 Å². The van der Waals surface area contributed by atoms with Crippen molar-refractivity contribution in [1.82, 2.24) is 25.3 Å². The number of hydrogen-bond donors (Lipinski definition) is 2. The van der Waals surface area contributed by atoms with Crippen LogP contribution in [0, 0.1) is 11.7 Å². The molecule has 0 atom stereocenters. The van der Waals surface area contributed by atoms with Crippen LogP contribution in [0.4, 0.5) is 4.39 Å². The maximum atomic E-state index is 14.7. The van der Waals surface area contributed by atoms with E-state index >= 15 is 0 Å². The van der Waals surface area contributed by atoms with Crippen molar-refractivity contribution in [3.05, 3.63) is 75.5 Å². The Kier molecular flexibility index (Phi) is 8.19. The molecule has 3 aromatic rings. The lowest BCUT2D eigenvalue weighted by Gasteiger charge is -2.42. The van der Waals surface area contributed by atoms with Crippen molar-refractivity contribution in [2.75, 3.05) is 32.7 Å². The van der Waals surface area contributed by atoms with Crippen LogP contribution < -0.4 is 10.9 Å². The Hall–Kier alpha value is -3.10. The molecule has 1 saturated heterocycles. The third kappa shape index (κ3) is 6.13. The molecule has 2 aliphatic rings. The molecule has 38 heavy (non-hydrogen) atoms. The van der Waals surface area contributed by atoms with Crippen molar-refractivity contribution in [2.24, 2.45) is 5.92 Å². The van der Waals surface area contributed by atoms with Gasteiger partial charge in [-0.05, 0) is 55.4 Å². The summed E-state index contributed by atoms with van der Waals surface area (Å²) < 4.78 is 14.7. The van der Waals surface area contributed by atoms with E-state index in [0.717, 1.165) is 62.8 Å². The third-order valence-electron chi connectivity index (χ3n) is 8.00. The molecule has 8 heteroatoms. The van der Waals surface area contributed by atoms with Crippen molar-refractivity contribution < 1.29 is 9.18 Å². The molecule has 2 N–H and O–H groups in total. The average molecular weight is 520 g/mol. The minimum Gasteiger partial charge on any atom is -0.349 e. The lowest BCUT2D eigenvalue weighted by molar-refractivity contribution is 0.0668. The SMILES string of the molecule is CC(C)CN1CCN(C2CCC(NC(=O)c3cc(Cc4n[nH]c(=O)c5ccccc45)ccc3F)CC2)CC1. The van der Waals surface area contributed by atoms with Crippen molar-refractivity contribution >= 4 is 16.7 Å². The summed E-state index contributed by atoms with van der Waals surface area (Å²) in [5.41, 5.74) is 1.26. The minimum atomic E-state index is -0.529. The number of carbonyl (C=O) groups is 1. The Morgan fingerprint density at radius 1 is 1.05 bits per heavy atom. The fraction of sp³-hybridized carbons (Fsp3) is 0.500. The quantitative estimate of drug-likeness (QED) is 0.494. The number of halogens is 1. The van der Waals surface area contributed by atoms with Gasteiger partial charge in [0.15, 0.2) is 0 Å². The lowest BCUT2D eigenvalue weighted by atomic mass is 9.89. The second-order valence-electron chi connectivity index (χ2n) is 11.2. The van der Waals surface area contributed by atoms with Crippen molar-refractivity contribution in [3.63, 3.8) is 0 Å². The summed E-state index contributed by atoms with van der Waals surface area (Å²) in [6, 6.07) is 12.5. The largest absolute Gasteiger partial charge is 0.349 e. The second-order valence-corrected chi connectivity index (χ2v) is 11.2. The van der Waals surface area contributed by atoms with Crippen LogP contribution in [0.5, 0.6) is 0 Å². The van der Waals surface area contributed by atoms with E-state index in [1.165, 1.54) is 12.6 Å². The molecule has 2 aromatic carbocycles. The molecule has 2 fully saturated rings. The van der Waals surface area contributed by atoms with E-state index in [1.54, 1.807) is 18.2 Å². The van der Waals surface area contributed by atoms with Crippen LogP contribution in [0.3, 0.4) is 0 Å². The Balaban J connectivity index is 1.18. The number of aromatic nitrogens is 2.